The maximum Gasteiger partial charge on any atom is 0.226 e. The molecule has 2 aromatic heterocycles. The van der Waals surface area contributed by atoms with E-state index in [0.717, 1.165) is 55.9 Å². The van der Waals surface area contributed by atoms with E-state index in [1.54, 1.807) is 0 Å². The largest absolute Gasteiger partial charge is 0.378 e. The fourth-order valence-electron chi connectivity index (χ4n) is 4.03. The fourth-order valence-corrected chi connectivity index (χ4v) is 4.19. The van der Waals surface area contributed by atoms with Gasteiger partial charge in [0.1, 0.15) is 5.82 Å². The number of ether oxygens (including phenoxy) is 1. The third-order valence-electron chi connectivity index (χ3n) is 5.24. The number of piperidine rings is 1. The number of hydrogen-bond acceptors (Lipinski definition) is 6. The second-order valence-corrected chi connectivity index (χ2v) is 8.01. The minimum Gasteiger partial charge on any atom is -0.378 e. The lowest BCUT2D eigenvalue weighted by Gasteiger charge is -2.33. The van der Waals surface area contributed by atoms with Gasteiger partial charge in [-0.2, -0.15) is 15.1 Å². The van der Waals surface area contributed by atoms with Gasteiger partial charge in [0.25, 0.3) is 0 Å². The van der Waals surface area contributed by atoms with E-state index in [9.17, 15) is 0 Å². The number of morpholine rings is 1. The Bertz CT molecular complexity index is 749. The van der Waals surface area contributed by atoms with E-state index >= 15 is 0 Å². The van der Waals surface area contributed by atoms with E-state index < -0.39 is 0 Å². The van der Waals surface area contributed by atoms with Gasteiger partial charge in [0.15, 0.2) is 5.65 Å². The van der Waals surface area contributed by atoms with Crippen molar-refractivity contribution in [3.8, 4) is 0 Å². The molecule has 0 atom stereocenters. The van der Waals surface area contributed by atoms with Gasteiger partial charge in [0.05, 0.1) is 30.8 Å². The van der Waals surface area contributed by atoms with Crippen LogP contribution in [-0.2, 0) is 4.74 Å². The molecule has 0 spiro atoms. The van der Waals surface area contributed by atoms with Crippen LogP contribution in [0.3, 0.4) is 0 Å². The monoisotopic (exact) mass is 378 g/mol. The van der Waals surface area contributed by atoms with Crippen molar-refractivity contribution in [2.75, 3.05) is 50.8 Å². The summed E-state index contributed by atoms with van der Waals surface area (Å²) in [6.07, 6.45) is 4.09. The first kappa shape index (κ1) is 17.9. The molecule has 7 nitrogen and oxygen atoms in total. The quantitative estimate of drug-likeness (QED) is 0.762. The Labute approximate surface area is 159 Å². The van der Waals surface area contributed by atoms with Gasteiger partial charge in [-0.05, 0) is 30.4 Å². The molecule has 0 saturated carbocycles. The summed E-state index contributed by atoms with van der Waals surface area (Å²) in [5.41, 5.74) is 0.855. The maximum atomic E-state index is 6.26. The van der Waals surface area contributed by atoms with Crippen molar-refractivity contribution in [1.82, 2.24) is 24.6 Å². The number of rotatable bonds is 4. The van der Waals surface area contributed by atoms with Gasteiger partial charge in [-0.15, -0.1) is 0 Å². The SMILES string of the molecule is CC(C)CN1CCC(n2ncc3c(N4CCOCC4)nc(Cl)nc32)CC1. The molecule has 0 N–H and O–H groups in total. The van der Waals surface area contributed by atoms with Crippen LogP contribution in [0.2, 0.25) is 5.28 Å². The first-order valence-electron chi connectivity index (χ1n) is 9.57. The van der Waals surface area contributed by atoms with Gasteiger partial charge in [-0.25, -0.2) is 4.68 Å². The van der Waals surface area contributed by atoms with Gasteiger partial charge in [0, 0.05) is 32.7 Å². The highest BCUT2D eigenvalue weighted by Gasteiger charge is 2.25. The summed E-state index contributed by atoms with van der Waals surface area (Å²) in [4.78, 5) is 13.8. The third kappa shape index (κ3) is 3.66. The zero-order chi connectivity index (χ0) is 18.1. The van der Waals surface area contributed by atoms with Crippen molar-refractivity contribution in [2.45, 2.75) is 32.7 Å². The summed E-state index contributed by atoms with van der Waals surface area (Å²) in [6, 6.07) is 0.374. The molecule has 0 unspecified atom stereocenters. The van der Waals surface area contributed by atoms with E-state index in [0.29, 0.717) is 25.2 Å². The molecular formula is C18H27ClN6O. The minimum absolute atomic E-state index is 0.290. The highest BCUT2D eigenvalue weighted by atomic mass is 35.5. The van der Waals surface area contributed by atoms with Crippen LogP contribution in [0.5, 0.6) is 0 Å². The molecule has 26 heavy (non-hydrogen) atoms. The maximum absolute atomic E-state index is 6.26. The molecule has 8 heteroatoms. The van der Waals surface area contributed by atoms with Crippen molar-refractivity contribution in [3.05, 3.63) is 11.5 Å². The van der Waals surface area contributed by atoms with E-state index in [1.807, 2.05) is 6.20 Å². The Hall–Kier alpha value is -1.44. The molecule has 4 rings (SSSR count). The first-order valence-corrected chi connectivity index (χ1v) is 9.95. The van der Waals surface area contributed by atoms with Gasteiger partial charge in [-0.1, -0.05) is 13.8 Å². The summed E-state index contributed by atoms with van der Waals surface area (Å²) in [5, 5.41) is 5.96. The van der Waals surface area contributed by atoms with Gasteiger partial charge in [-0.3, -0.25) is 0 Å². The lowest BCUT2D eigenvalue weighted by Crippen LogP contribution is -2.37. The highest BCUT2D eigenvalue weighted by Crippen LogP contribution is 2.30. The molecule has 2 saturated heterocycles. The van der Waals surface area contributed by atoms with Crippen LogP contribution >= 0.6 is 11.6 Å². The first-order chi connectivity index (χ1) is 12.6. The van der Waals surface area contributed by atoms with E-state index in [2.05, 4.69) is 43.4 Å². The van der Waals surface area contributed by atoms with Crippen molar-refractivity contribution >= 4 is 28.5 Å². The summed E-state index contributed by atoms with van der Waals surface area (Å²) < 4.78 is 7.53. The predicted octanol–water partition coefficient (Wildman–Crippen LogP) is 2.61. The molecule has 0 aliphatic carbocycles. The zero-order valence-electron chi connectivity index (χ0n) is 15.6. The smallest absolute Gasteiger partial charge is 0.226 e. The number of anilines is 1. The van der Waals surface area contributed by atoms with Crippen LogP contribution in [0, 0.1) is 5.92 Å². The molecule has 0 bridgehead atoms. The molecule has 2 aromatic rings. The van der Waals surface area contributed by atoms with Crippen LogP contribution in [0.1, 0.15) is 32.7 Å². The Morgan fingerprint density at radius 2 is 1.88 bits per heavy atom. The normalized spacial score (nSPS) is 20.4. The molecule has 2 aliphatic heterocycles. The van der Waals surface area contributed by atoms with Crippen LogP contribution in [0.25, 0.3) is 11.0 Å². The highest BCUT2D eigenvalue weighted by molar-refractivity contribution is 6.28. The summed E-state index contributed by atoms with van der Waals surface area (Å²) in [5.74, 6) is 1.59. The number of halogens is 1. The topological polar surface area (TPSA) is 59.3 Å². The lowest BCUT2D eigenvalue weighted by atomic mass is 10.0. The van der Waals surface area contributed by atoms with Crippen molar-refractivity contribution in [3.63, 3.8) is 0 Å². The summed E-state index contributed by atoms with van der Waals surface area (Å²) >= 11 is 6.26. The van der Waals surface area contributed by atoms with Crippen LogP contribution in [-0.4, -0.2) is 70.6 Å². The fraction of sp³-hybridized carbons (Fsp3) is 0.722. The Morgan fingerprint density at radius 1 is 1.15 bits per heavy atom. The number of hydrogen-bond donors (Lipinski definition) is 0. The molecule has 0 aromatic carbocycles. The van der Waals surface area contributed by atoms with Gasteiger partial charge >= 0.3 is 0 Å². The molecule has 2 fully saturated rings. The standard InChI is InChI=1S/C18H27ClN6O/c1-13(2)12-23-5-3-14(4-6-23)25-17-15(11-20-25)16(21-18(19)22-17)24-7-9-26-10-8-24/h11,13-14H,3-10,12H2,1-2H3. The average Bonchev–Trinajstić information content (AvgIpc) is 3.05. The number of nitrogens with zero attached hydrogens (tertiary/aromatic N) is 6. The van der Waals surface area contributed by atoms with Crippen molar-refractivity contribution in [1.29, 1.82) is 0 Å². The van der Waals surface area contributed by atoms with E-state index in [1.165, 1.54) is 6.54 Å². The van der Waals surface area contributed by atoms with Crippen molar-refractivity contribution in [2.24, 2.45) is 5.92 Å². The predicted molar refractivity (Wildman–Crippen MR) is 103 cm³/mol. The number of aromatic nitrogens is 4. The van der Waals surface area contributed by atoms with E-state index in [4.69, 9.17) is 16.3 Å². The Balaban J connectivity index is 1.58. The van der Waals surface area contributed by atoms with Crippen LogP contribution in [0.4, 0.5) is 5.82 Å². The summed E-state index contributed by atoms with van der Waals surface area (Å²) in [6.45, 7) is 11.0. The molecule has 0 amide bonds. The molecule has 142 valence electrons. The second-order valence-electron chi connectivity index (χ2n) is 7.67. The zero-order valence-corrected chi connectivity index (χ0v) is 16.3. The average molecular weight is 379 g/mol. The molecule has 0 radical (unpaired) electrons. The second kappa shape index (κ2) is 7.66. The van der Waals surface area contributed by atoms with Gasteiger partial charge < -0.3 is 14.5 Å². The van der Waals surface area contributed by atoms with Gasteiger partial charge in [0.2, 0.25) is 5.28 Å². The van der Waals surface area contributed by atoms with Crippen LogP contribution < -0.4 is 4.90 Å². The van der Waals surface area contributed by atoms with Crippen LogP contribution in [0.15, 0.2) is 6.20 Å². The Morgan fingerprint density at radius 3 is 2.58 bits per heavy atom. The summed E-state index contributed by atoms with van der Waals surface area (Å²) in [7, 11) is 0. The van der Waals surface area contributed by atoms with Crippen molar-refractivity contribution < 1.29 is 4.74 Å². The molecular weight excluding hydrogens is 352 g/mol. The molecule has 4 heterocycles. The minimum atomic E-state index is 0.290. The number of likely N-dealkylation sites (tertiary alicyclic amines) is 1. The third-order valence-corrected chi connectivity index (χ3v) is 5.41. The Kier molecular flexibility index (Phi) is 5.29. The molecule has 2 aliphatic rings. The lowest BCUT2D eigenvalue weighted by molar-refractivity contribution is 0.122. The number of fused-ring (bicyclic) bond motifs is 1. The van der Waals surface area contributed by atoms with E-state index in [-0.39, 0.29) is 5.28 Å².